The average molecular weight is 290 g/mol. The molecule has 0 bridgehead atoms. The first kappa shape index (κ1) is 18.4. The summed E-state index contributed by atoms with van der Waals surface area (Å²) in [6.07, 6.45) is -0.422. The molecule has 0 spiro atoms. The van der Waals surface area contributed by atoms with E-state index in [1.165, 1.54) is 5.01 Å². The molecule has 19 heavy (non-hydrogen) atoms. The molecule has 0 fully saturated rings. The van der Waals surface area contributed by atoms with Crippen LogP contribution in [-0.2, 0) is 9.26 Å². The molecule has 0 atom stereocenters. The number of hydrazine groups is 1. The van der Waals surface area contributed by atoms with Crippen molar-refractivity contribution in [3.05, 3.63) is 0 Å². The van der Waals surface area contributed by atoms with Crippen LogP contribution in [0.2, 0.25) is 18.1 Å². The van der Waals surface area contributed by atoms with Gasteiger partial charge in [-0.05, 0) is 45.8 Å². The summed E-state index contributed by atoms with van der Waals surface area (Å²) in [7, 11) is -1.95. The Balaban J connectivity index is 4.56. The third-order valence-corrected chi connectivity index (χ3v) is 7.36. The van der Waals surface area contributed by atoms with Gasteiger partial charge in [-0.2, -0.15) is 0 Å². The van der Waals surface area contributed by atoms with Crippen molar-refractivity contribution in [2.45, 2.75) is 72.2 Å². The number of carbonyl (C=O) groups excluding carboxylic acids is 1. The van der Waals surface area contributed by atoms with Crippen LogP contribution in [0.25, 0.3) is 0 Å². The number of amides is 1. The molecule has 114 valence electrons. The van der Waals surface area contributed by atoms with Gasteiger partial charge >= 0.3 is 6.09 Å². The van der Waals surface area contributed by atoms with Gasteiger partial charge in [0.25, 0.3) is 0 Å². The van der Waals surface area contributed by atoms with Crippen molar-refractivity contribution < 1.29 is 14.1 Å². The van der Waals surface area contributed by atoms with Gasteiger partial charge in [-0.15, -0.1) is 5.59 Å². The van der Waals surface area contributed by atoms with Gasteiger partial charge in [-0.25, -0.2) is 9.80 Å². The number of hydrogen-bond donors (Lipinski definition) is 1. The van der Waals surface area contributed by atoms with Gasteiger partial charge in [0.1, 0.15) is 5.60 Å². The summed E-state index contributed by atoms with van der Waals surface area (Å²) in [5, 5.41) is 1.43. The maximum Gasteiger partial charge on any atom is 0.426 e. The highest BCUT2D eigenvalue weighted by Crippen LogP contribution is 2.35. The van der Waals surface area contributed by atoms with Crippen LogP contribution in [0.1, 0.15) is 48.5 Å². The highest BCUT2D eigenvalue weighted by molar-refractivity contribution is 6.74. The SMILES string of the molecule is CCN(NO[Si](C)(C)C(C)(C)C)C(=O)OC(C)(C)C. The summed E-state index contributed by atoms with van der Waals surface area (Å²) in [5.74, 6) is 0. The third-order valence-electron chi connectivity index (χ3n) is 3.15. The number of carbonyl (C=O) groups is 1. The number of nitrogens with zero attached hydrogens (tertiary/aromatic N) is 1. The largest absolute Gasteiger partial charge is 0.443 e. The lowest BCUT2D eigenvalue weighted by Crippen LogP contribution is -2.53. The van der Waals surface area contributed by atoms with Crippen molar-refractivity contribution in [3.63, 3.8) is 0 Å². The van der Waals surface area contributed by atoms with Crippen molar-refractivity contribution >= 4 is 14.4 Å². The van der Waals surface area contributed by atoms with E-state index in [2.05, 4.69) is 39.5 Å². The van der Waals surface area contributed by atoms with E-state index in [0.29, 0.717) is 6.54 Å². The zero-order valence-corrected chi connectivity index (χ0v) is 14.9. The monoisotopic (exact) mass is 290 g/mol. The quantitative estimate of drug-likeness (QED) is 0.634. The topological polar surface area (TPSA) is 50.8 Å². The number of rotatable bonds is 4. The Kier molecular flexibility index (Phi) is 6.04. The summed E-state index contributed by atoms with van der Waals surface area (Å²) in [4.78, 5) is 11.9. The van der Waals surface area contributed by atoms with Crippen LogP contribution < -0.4 is 5.59 Å². The molecular formula is C13H30N2O3Si. The van der Waals surface area contributed by atoms with Crippen LogP contribution in [0, 0.1) is 0 Å². The van der Waals surface area contributed by atoms with Gasteiger partial charge in [-0.3, -0.25) is 0 Å². The lowest BCUT2D eigenvalue weighted by Gasteiger charge is -2.37. The van der Waals surface area contributed by atoms with E-state index in [1.807, 2.05) is 27.7 Å². The lowest BCUT2D eigenvalue weighted by atomic mass is 10.2. The first-order valence-electron chi connectivity index (χ1n) is 6.74. The standard InChI is InChI=1S/C13H30N2O3Si/c1-10-15(11(16)17-12(2,3)4)14-18-19(8,9)13(5,6)7/h14H,10H2,1-9H3. The summed E-state index contributed by atoms with van der Waals surface area (Å²) in [6.45, 7) is 18.5. The second-order valence-corrected chi connectivity index (χ2v) is 11.9. The van der Waals surface area contributed by atoms with Crippen molar-refractivity contribution in [1.82, 2.24) is 10.6 Å². The normalized spacial score (nSPS) is 13.3. The van der Waals surface area contributed by atoms with E-state index in [0.717, 1.165) is 0 Å². The van der Waals surface area contributed by atoms with Gasteiger partial charge in [0, 0.05) is 6.54 Å². The molecule has 0 aromatic carbocycles. The molecule has 0 radical (unpaired) electrons. The van der Waals surface area contributed by atoms with Gasteiger partial charge in [-0.1, -0.05) is 20.8 Å². The van der Waals surface area contributed by atoms with E-state index in [4.69, 9.17) is 9.26 Å². The summed E-state index contributed by atoms with van der Waals surface area (Å²) >= 11 is 0. The van der Waals surface area contributed by atoms with Crippen LogP contribution in [0.5, 0.6) is 0 Å². The molecule has 0 aliphatic heterocycles. The maximum absolute atomic E-state index is 11.9. The molecule has 0 aromatic heterocycles. The van der Waals surface area contributed by atoms with E-state index < -0.39 is 20.0 Å². The summed E-state index contributed by atoms with van der Waals surface area (Å²) in [6, 6.07) is 0. The first-order chi connectivity index (χ1) is 8.30. The van der Waals surface area contributed by atoms with Crippen LogP contribution in [0.3, 0.4) is 0 Å². The molecule has 0 rings (SSSR count). The number of hydrogen-bond acceptors (Lipinski definition) is 4. The zero-order chi connectivity index (χ0) is 15.5. The molecule has 0 unspecified atom stereocenters. The minimum atomic E-state index is -1.95. The minimum absolute atomic E-state index is 0.0767. The van der Waals surface area contributed by atoms with Crippen LogP contribution >= 0.6 is 0 Å². The molecular weight excluding hydrogens is 260 g/mol. The Morgan fingerprint density at radius 3 is 1.95 bits per heavy atom. The molecule has 1 N–H and O–H groups in total. The van der Waals surface area contributed by atoms with Crippen LogP contribution in [0.4, 0.5) is 4.79 Å². The zero-order valence-electron chi connectivity index (χ0n) is 13.9. The Morgan fingerprint density at radius 1 is 1.16 bits per heavy atom. The Morgan fingerprint density at radius 2 is 1.63 bits per heavy atom. The summed E-state index contributed by atoms with van der Waals surface area (Å²) in [5.41, 5.74) is 2.25. The summed E-state index contributed by atoms with van der Waals surface area (Å²) < 4.78 is 11.1. The fourth-order valence-electron chi connectivity index (χ4n) is 0.870. The lowest BCUT2D eigenvalue weighted by molar-refractivity contribution is -0.0354. The molecule has 6 heteroatoms. The molecule has 0 aliphatic rings. The molecule has 0 saturated carbocycles. The molecule has 0 aliphatic carbocycles. The second kappa shape index (κ2) is 6.24. The molecule has 0 heterocycles. The van der Waals surface area contributed by atoms with Crippen LogP contribution in [-0.4, -0.2) is 31.6 Å². The predicted molar refractivity (Wildman–Crippen MR) is 80.0 cm³/mol. The van der Waals surface area contributed by atoms with Gasteiger partial charge in [0.05, 0.1) is 0 Å². The van der Waals surface area contributed by atoms with E-state index in [9.17, 15) is 4.79 Å². The molecule has 0 saturated heterocycles. The van der Waals surface area contributed by atoms with Crippen LogP contribution in [0.15, 0.2) is 0 Å². The van der Waals surface area contributed by atoms with Gasteiger partial charge < -0.3 is 9.26 Å². The fourth-order valence-corrected chi connectivity index (χ4v) is 1.51. The Bertz CT molecular complexity index is 306. The first-order valence-corrected chi connectivity index (χ1v) is 9.65. The molecule has 5 nitrogen and oxygen atoms in total. The highest BCUT2D eigenvalue weighted by atomic mass is 28.4. The van der Waals surface area contributed by atoms with Gasteiger partial charge in [0.2, 0.25) is 8.32 Å². The van der Waals surface area contributed by atoms with Crippen molar-refractivity contribution in [2.75, 3.05) is 6.54 Å². The maximum atomic E-state index is 11.9. The Labute approximate surface area is 118 Å². The van der Waals surface area contributed by atoms with E-state index >= 15 is 0 Å². The number of ether oxygens (including phenoxy) is 1. The number of nitrogens with one attached hydrogen (secondary N) is 1. The van der Waals surface area contributed by atoms with Crippen molar-refractivity contribution in [3.8, 4) is 0 Å². The third kappa shape index (κ3) is 6.40. The van der Waals surface area contributed by atoms with Crippen molar-refractivity contribution in [1.29, 1.82) is 0 Å². The molecule has 0 aromatic rings. The van der Waals surface area contributed by atoms with Crippen molar-refractivity contribution in [2.24, 2.45) is 0 Å². The predicted octanol–water partition coefficient (Wildman–Crippen LogP) is 3.68. The molecule has 1 amide bonds. The highest BCUT2D eigenvalue weighted by Gasteiger charge is 2.39. The second-order valence-electron chi connectivity index (χ2n) is 7.18. The van der Waals surface area contributed by atoms with Gasteiger partial charge in [0.15, 0.2) is 0 Å². The average Bonchev–Trinajstić information content (AvgIpc) is 2.13. The fraction of sp³-hybridized carbons (Fsp3) is 0.923. The minimum Gasteiger partial charge on any atom is -0.443 e. The smallest absolute Gasteiger partial charge is 0.426 e. The van der Waals surface area contributed by atoms with E-state index in [1.54, 1.807) is 0 Å². The van der Waals surface area contributed by atoms with E-state index in [-0.39, 0.29) is 5.04 Å². The Hall–Kier alpha value is -0.593.